The molecule has 20 heavy (non-hydrogen) atoms. The number of ether oxygens (including phenoxy) is 1. The highest BCUT2D eigenvalue weighted by molar-refractivity contribution is 6.30. The standard InChI is InChI=1S/C16H19ClN2O/c1-3-9-18-16(15-8-7-13(17)11-19-15)12-5-4-6-14(10-12)20-2/h4-8,10-11,16,18H,3,9H2,1-2H3. The molecule has 1 atom stereocenters. The highest BCUT2D eigenvalue weighted by Gasteiger charge is 2.15. The van der Waals surface area contributed by atoms with Crippen LogP contribution in [0, 0.1) is 0 Å². The molecule has 3 nitrogen and oxygen atoms in total. The molecule has 1 aromatic carbocycles. The number of benzene rings is 1. The normalized spacial score (nSPS) is 12.2. The van der Waals surface area contributed by atoms with Crippen molar-refractivity contribution in [2.75, 3.05) is 13.7 Å². The first-order chi connectivity index (χ1) is 9.74. The lowest BCUT2D eigenvalue weighted by molar-refractivity contribution is 0.413. The monoisotopic (exact) mass is 290 g/mol. The van der Waals surface area contributed by atoms with Crippen LogP contribution in [0.2, 0.25) is 5.02 Å². The molecule has 0 radical (unpaired) electrons. The average molecular weight is 291 g/mol. The molecule has 4 heteroatoms. The Morgan fingerprint density at radius 1 is 1.30 bits per heavy atom. The Balaban J connectivity index is 2.32. The van der Waals surface area contributed by atoms with Crippen LogP contribution in [0.25, 0.3) is 0 Å². The Kier molecular flexibility index (Phi) is 5.39. The van der Waals surface area contributed by atoms with Gasteiger partial charge in [0.2, 0.25) is 0 Å². The van der Waals surface area contributed by atoms with Gasteiger partial charge in [-0.15, -0.1) is 0 Å². The van der Waals surface area contributed by atoms with Gasteiger partial charge >= 0.3 is 0 Å². The van der Waals surface area contributed by atoms with E-state index in [1.807, 2.05) is 30.3 Å². The van der Waals surface area contributed by atoms with Crippen LogP contribution in [0.1, 0.15) is 30.6 Å². The summed E-state index contributed by atoms with van der Waals surface area (Å²) in [7, 11) is 1.67. The van der Waals surface area contributed by atoms with E-state index < -0.39 is 0 Å². The summed E-state index contributed by atoms with van der Waals surface area (Å²) in [6.07, 6.45) is 2.74. The SMILES string of the molecule is CCCNC(c1cccc(OC)c1)c1ccc(Cl)cn1. The van der Waals surface area contributed by atoms with Crippen molar-refractivity contribution in [3.05, 3.63) is 58.9 Å². The number of rotatable bonds is 6. The fourth-order valence-corrected chi connectivity index (χ4v) is 2.17. The number of hydrogen-bond donors (Lipinski definition) is 1. The van der Waals surface area contributed by atoms with E-state index in [0.717, 1.165) is 30.0 Å². The fraction of sp³-hybridized carbons (Fsp3) is 0.312. The number of aromatic nitrogens is 1. The minimum atomic E-state index is 0.0438. The number of hydrogen-bond acceptors (Lipinski definition) is 3. The van der Waals surface area contributed by atoms with E-state index in [1.165, 1.54) is 0 Å². The summed E-state index contributed by atoms with van der Waals surface area (Å²) in [6, 6.07) is 11.9. The van der Waals surface area contributed by atoms with Gasteiger partial charge < -0.3 is 10.1 Å². The number of halogens is 1. The maximum Gasteiger partial charge on any atom is 0.119 e. The van der Waals surface area contributed by atoms with E-state index >= 15 is 0 Å². The van der Waals surface area contributed by atoms with E-state index in [2.05, 4.69) is 23.3 Å². The Morgan fingerprint density at radius 3 is 2.80 bits per heavy atom. The van der Waals surface area contributed by atoms with Gasteiger partial charge in [-0.2, -0.15) is 0 Å². The summed E-state index contributed by atoms with van der Waals surface area (Å²) in [5.41, 5.74) is 2.09. The van der Waals surface area contributed by atoms with E-state index in [-0.39, 0.29) is 6.04 Å². The molecule has 0 aliphatic rings. The molecule has 0 aliphatic heterocycles. The smallest absolute Gasteiger partial charge is 0.119 e. The van der Waals surface area contributed by atoms with Crippen molar-refractivity contribution in [1.29, 1.82) is 0 Å². The van der Waals surface area contributed by atoms with Crippen LogP contribution in [-0.2, 0) is 0 Å². The number of nitrogens with one attached hydrogen (secondary N) is 1. The van der Waals surface area contributed by atoms with Gasteiger partial charge in [0, 0.05) is 6.20 Å². The van der Waals surface area contributed by atoms with Crippen LogP contribution in [0.3, 0.4) is 0 Å². The molecule has 2 aromatic rings. The van der Waals surface area contributed by atoms with Gasteiger partial charge in [-0.05, 0) is 42.8 Å². The summed E-state index contributed by atoms with van der Waals surface area (Å²) in [5.74, 6) is 0.847. The van der Waals surface area contributed by atoms with Crippen molar-refractivity contribution in [1.82, 2.24) is 10.3 Å². The highest BCUT2D eigenvalue weighted by Crippen LogP contribution is 2.24. The maximum atomic E-state index is 5.91. The zero-order valence-electron chi connectivity index (χ0n) is 11.8. The summed E-state index contributed by atoms with van der Waals surface area (Å²) in [5, 5.41) is 4.16. The van der Waals surface area contributed by atoms with Crippen molar-refractivity contribution in [3.8, 4) is 5.75 Å². The third-order valence-corrected chi connectivity index (χ3v) is 3.30. The molecular weight excluding hydrogens is 272 g/mol. The Bertz CT molecular complexity index is 542. The maximum absolute atomic E-state index is 5.91. The average Bonchev–Trinajstić information content (AvgIpc) is 2.49. The minimum Gasteiger partial charge on any atom is -0.497 e. The Labute approximate surface area is 124 Å². The third kappa shape index (κ3) is 3.71. The molecule has 106 valence electrons. The number of nitrogens with zero attached hydrogens (tertiary/aromatic N) is 1. The van der Waals surface area contributed by atoms with Crippen LogP contribution in [-0.4, -0.2) is 18.6 Å². The molecule has 0 aliphatic carbocycles. The zero-order valence-corrected chi connectivity index (χ0v) is 12.5. The molecule has 1 N–H and O–H groups in total. The zero-order chi connectivity index (χ0) is 14.4. The fourth-order valence-electron chi connectivity index (χ4n) is 2.06. The van der Waals surface area contributed by atoms with Crippen LogP contribution >= 0.6 is 11.6 Å². The van der Waals surface area contributed by atoms with E-state index in [1.54, 1.807) is 13.3 Å². The van der Waals surface area contributed by atoms with E-state index in [4.69, 9.17) is 16.3 Å². The van der Waals surface area contributed by atoms with Gasteiger partial charge in [0.25, 0.3) is 0 Å². The van der Waals surface area contributed by atoms with Crippen LogP contribution in [0.15, 0.2) is 42.6 Å². The van der Waals surface area contributed by atoms with Gasteiger partial charge in [0.15, 0.2) is 0 Å². The van der Waals surface area contributed by atoms with Crippen LogP contribution in [0.4, 0.5) is 0 Å². The van der Waals surface area contributed by atoms with Gasteiger partial charge in [0.05, 0.1) is 23.9 Å². The summed E-state index contributed by atoms with van der Waals surface area (Å²) in [6.45, 7) is 3.07. The Morgan fingerprint density at radius 2 is 2.15 bits per heavy atom. The number of pyridine rings is 1. The van der Waals surface area contributed by atoms with Gasteiger partial charge in [-0.3, -0.25) is 4.98 Å². The molecule has 1 heterocycles. The van der Waals surface area contributed by atoms with E-state index in [0.29, 0.717) is 5.02 Å². The van der Waals surface area contributed by atoms with Gasteiger partial charge in [-0.25, -0.2) is 0 Å². The summed E-state index contributed by atoms with van der Waals surface area (Å²) in [4.78, 5) is 4.43. The van der Waals surface area contributed by atoms with Crippen LogP contribution < -0.4 is 10.1 Å². The molecule has 1 aromatic heterocycles. The highest BCUT2D eigenvalue weighted by atomic mass is 35.5. The molecule has 0 amide bonds. The predicted octanol–water partition coefficient (Wildman–Crippen LogP) is 3.83. The quantitative estimate of drug-likeness (QED) is 0.878. The lowest BCUT2D eigenvalue weighted by Gasteiger charge is -2.19. The van der Waals surface area contributed by atoms with Crippen molar-refractivity contribution in [3.63, 3.8) is 0 Å². The molecule has 1 unspecified atom stereocenters. The molecule has 2 rings (SSSR count). The van der Waals surface area contributed by atoms with Gasteiger partial charge in [0.1, 0.15) is 5.75 Å². The third-order valence-electron chi connectivity index (χ3n) is 3.07. The first kappa shape index (κ1) is 14.8. The van der Waals surface area contributed by atoms with Crippen molar-refractivity contribution in [2.24, 2.45) is 0 Å². The lowest BCUT2D eigenvalue weighted by atomic mass is 10.0. The van der Waals surface area contributed by atoms with Gasteiger partial charge in [-0.1, -0.05) is 30.7 Å². The lowest BCUT2D eigenvalue weighted by Crippen LogP contribution is -2.24. The second kappa shape index (κ2) is 7.27. The Hall–Kier alpha value is -1.58. The topological polar surface area (TPSA) is 34.1 Å². The molecule has 0 saturated carbocycles. The molecule has 0 spiro atoms. The minimum absolute atomic E-state index is 0.0438. The summed E-state index contributed by atoms with van der Waals surface area (Å²) >= 11 is 5.91. The first-order valence-electron chi connectivity index (χ1n) is 6.73. The van der Waals surface area contributed by atoms with Crippen LogP contribution in [0.5, 0.6) is 5.75 Å². The second-order valence-corrected chi connectivity index (χ2v) is 5.00. The molecule has 0 saturated heterocycles. The van der Waals surface area contributed by atoms with Crippen molar-refractivity contribution in [2.45, 2.75) is 19.4 Å². The number of methoxy groups -OCH3 is 1. The first-order valence-corrected chi connectivity index (χ1v) is 7.11. The van der Waals surface area contributed by atoms with Crippen molar-refractivity contribution >= 4 is 11.6 Å². The molecule has 0 bridgehead atoms. The predicted molar refractivity (Wildman–Crippen MR) is 82.4 cm³/mol. The van der Waals surface area contributed by atoms with Crippen molar-refractivity contribution < 1.29 is 4.74 Å². The molecule has 0 fully saturated rings. The molecular formula is C16H19ClN2O. The second-order valence-electron chi connectivity index (χ2n) is 4.57. The summed E-state index contributed by atoms with van der Waals surface area (Å²) < 4.78 is 5.30. The largest absolute Gasteiger partial charge is 0.497 e. The van der Waals surface area contributed by atoms with E-state index in [9.17, 15) is 0 Å².